The summed E-state index contributed by atoms with van der Waals surface area (Å²) < 4.78 is 13.8. The van der Waals surface area contributed by atoms with Gasteiger partial charge in [0, 0.05) is 15.4 Å². The lowest BCUT2D eigenvalue weighted by Crippen LogP contribution is -2.28. The summed E-state index contributed by atoms with van der Waals surface area (Å²) in [4.78, 5) is 1.33. The molecule has 5 heteroatoms. The third-order valence-corrected chi connectivity index (χ3v) is 4.42. The van der Waals surface area contributed by atoms with E-state index in [1.807, 2.05) is 6.07 Å². The SMILES string of the molecule is NNC(CCc1cccs1)c1ccc(F)cc1Br. The Morgan fingerprint density at radius 2 is 2.22 bits per heavy atom. The molecule has 1 atom stereocenters. The minimum atomic E-state index is -0.250. The Hall–Kier alpha value is -0.750. The van der Waals surface area contributed by atoms with Crippen molar-refractivity contribution in [3.63, 3.8) is 0 Å². The molecule has 0 aliphatic carbocycles. The van der Waals surface area contributed by atoms with Crippen molar-refractivity contribution in [2.75, 3.05) is 0 Å². The second-order valence-corrected chi connectivity index (χ2v) is 5.89. The topological polar surface area (TPSA) is 38.0 Å². The summed E-state index contributed by atoms with van der Waals surface area (Å²) in [5.41, 5.74) is 3.78. The van der Waals surface area contributed by atoms with Gasteiger partial charge in [-0.1, -0.05) is 28.1 Å². The fourth-order valence-corrected chi connectivity index (χ4v) is 3.21. The molecule has 0 saturated heterocycles. The predicted molar refractivity (Wildman–Crippen MR) is 76.8 cm³/mol. The van der Waals surface area contributed by atoms with Crippen LogP contribution in [0.2, 0.25) is 0 Å². The molecule has 3 N–H and O–H groups in total. The lowest BCUT2D eigenvalue weighted by atomic mass is 10.0. The van der Waals surface area contributed by atoms with Crippen molar-refractivity contribution in [3.05, 3.63) is 56.4 Å². The molecular formula is C13H14BrFN2S. The molecule has 1 heterocycles. The zero-order chi connectivity index (χ0) is 13.0. The van der Waals surface area contributed by atoms with Gasteiger partial charge in [-0.05, 0) is 42.0 Å². The molecule has 2 rings (SSSR count). The molecule has 0 aliphatic rings. The van der Waals surface area contributed by atoms with E-state index in [-0.39, 0.29) is 11.9 Å². The number of aryl methyl sites for hydroxylation is 1. The van der Waals surface area contributed by atoms with Crippen LogP contribution in [0.25, 0.3) is 0 Å². The molecule has 0 aliphatic heterocycles. The first-order valence-corrected chi connectivity index (χ1v) is 7.31. The van der Waals surface area contributed by atoms with Gasteiger partial charge in [-0.25, -0.2) is 4.39 Å². The molecule has 1 aromatic heterocycles. The van der Waals surface area contributed by atoms with E-state index >= 15 is 0 Å². The predicted octanol–water partition coefficient (Wildman–Crippen LogP) is 3.79. The first kappa shape index (κ1) is 13.7. The number of halogens is 2. The Morgan fingerprint density at radius 1 is 1.39 bits per heavy atom. The molecule has 18 heavy (non-hydrogen) atoms. The molecule has 0 bridgehead atoms. The van der Waals surface area contributed by atoms with Crippen molar-refractivity contribution in [1.29, 1.82) is 0 Å². The molecule has 1 unspecified atom stereocenters. The second kappa shape index (κ2) is 6.43. The Kier molecular flexibility index (Phi) is 4.88. The zero-order valence-corrected chi connectivity index (χ0v) is 12.1. The van der Waals surface area contributed by atoms with Crippen LogP contribution in [0.5, 0.6) is 0 Å². The monoisotopic (exact) mass is 328 g/mol. The smallest absolute Gasteiger partial charge is 0.124 e. The van der Waals surface area contributed by atoms with Crippen molar-refractivity contribution < 1.29 is 4.39 Å². The first-order chi connectivity index (χ1) is 8.70. The van der Waals surface area contributed by atoms with Gasteiger partial charge in [-0.15, -0.1) is 11.3 Å². The summed E-state index contributed by atoms with van der Waals surface area (Å²) >= 11 is 5.11. The highest BCUT2D eigenvalue weighted by atomic mass is 79.9. The van der Waals surface area contributed by atoms with Crippen LogP contribution in [0, 0.1) is 5.82 Å². The van der Waals surface area contributed by atoms with Crippen LogP contribution < -0.4 is 11.3 Å². The summed E-state index contributed by atoms with van der Waals surface area (Å²) in [6, 6.07) is 8.84. The quantitative estimate of drug-likeness (QED) is 0.647. The van der Waals surface area contributed by atoms with Gasteiger partial charge in [-0.3, -0.25) is 11.3 Å². The molecule has 0 fully saturated rings. The van der Waals surface area contributed by atoms with Gasteiger partial charge < -0.3 is 0 Å². The molecule has 0 saturated carbocycles. The van der Waals surface area contributed by atoms with Gasteiger partial charge in [0.25, 0.3) is 0 Å². The fourth-order valence-electron chi connectivity index (χ4n) is 1.85. The van der Waals surface area contributed by atoms with E-state index in [1.165, 1.54) is 17.0 Å². The lowest BCUT2D eigenvalue weighted by Gasteiger charge is -2.17. The van der Waals surface area contributed by atoms with Crippen molar-refractivity contribution in [3.8, 4) is 0 Å². The summed E-state index contributed by atoms with van der Waals surface area (Å²) in [5.74, 6) is 5.34. The van der Waals surface area contributed by atoms with Crippen LogP contribution >= 0.6 is 27.3 Å². The normalized spacial score (nSPS) is 12.6. The van der Waals surface area contributed by atoms with Gasteiger partial charge in [0.15, 0.2) is 0 Å². The van der Waals surface area contributed by atoms with Crippen LogP contribution in [0.3, 0.4) is 0 Å². The van der Waals surface area contributed by atoms with Crippen LogP contribution in [0.1, 0.15) is 22.9 Å². The number of thiophene rings is 1. The third-order valence-electron chi connectivity index (χ3n) is 2.80. The Balaban J connectivity index is 2.08. The molecule has 0 amide bonds. The standard InChI is InChI=1S/C13H14BrFN2S/c14-12-8-9(15)3-5-11(12)13(17-16)6-4-10-2-1-7-18-10/h1-3,5,7-8,13,17H,4,6,16H2. The van der Waals surface area contributed by atoms with E-state index in [9.17, 15) is 4.39 Å². The number of benzene rings is 1. The molecule has 0 radical (unpaired) electrons. The molecule has 96 valence electrons. The Morgan fingerprint density at radius 3 is 2.83 bits per heavy atom. The van der Waals surface area contributed by atoms with Gasteiger partial charge >= 0.3 is 0 Å². The number of hydrogen-bond acceptors (Lipinski definition) is 3. The van der Waals surface area contributed by atoms with Crippen LogP contribution in [-0.2, 0) is 6.42 Å². The number of hydrazine groups is 1. The highest BCUT2D eigenvalue weighted by Gasteiger charge is 2.13. The summed E-state index contributed by atoms with van der Waals surface area (Å²) in [6.45, 7) is 0. The van der Waals surface area contributed by atoms with Gasteiger partial charge in [0.2, 0.25) is 0 Å². The van der Waals surface area contributed by atoms with Crippen molar-refractivity contribution in [1.82, 2.24) is 5.43 Å². The summed E-state index contributed by atoms with van der Waals surface area (Å²) in [5, 5.41) is 2.06. The lowest BCUT2D eigenvalue weighted by molar-refractivity contribution is 0.514. The Bertz CT molecular complexity index is 502. The summed E-state index contributed by atoms with van der Waals surface area (Å²) in [7, 11) is 0. The van der Waals surface area contributed by atoms with Crippen molar-refractivity contribution in [2.24, 2.45) is 5.84 Å². The average Bonchev–Trinajstić information content (AvgIpc) is 2.85. The van der Waals surface area contributed by atoms with Gasteiger partial charge in [0.05, 0.1) is 0 Å². The maximum atomic E-state index is 13.0. The molecule has 1 aromatic carbocycles. The van der Waals surface area contributed by atoms with Crippen LogP contribution in [-0.4, -0.2) is 0 Å². The van der Waals surface area contributed by atoms with E-state index in [1.54, 1.807) is 17.4 Å². The second-order valence-electron chi connectivity index (χ2n) is 4.00. The highest BCUT2D eigenvalue weighted by molar-refractivity contribution is 9.10. The zero-order valence-electron chi connectivity index (χ0n) is 9.70. The van der Waals surface area contributed by atoms with Crippen molar-refractivity contribution >= 4 is 27.3 Å². The van der Waals surface area contributed by atoms with E-state index < -0.39 is 0 Å². The highest BCUT2D eigenvalue weighted by Crippen LogP contribution is 2.27. The Labute approximate surface area is 118 Å². The van der Waals surface area contributed by atoms with Crippen LogP contribution in [0.4, 0.5) is 4.39 Å². The summed E-state index contributed by atoms with van der Waals surface area (Å²) in [6.07, 6.45) is 1.83. The number of hydrogen-bond donors (Lipinski definition) is 2. The molecular weight excluding hydrogens is 315 g/mol. The maximum absolute atomic E-state index is 13.0. The van der Waals surface area contributed by atoms with Gasteiger partial charge in [-0.2, -0.15) is 0 Å². The first-order valence-electron chi connectivity index (χ1n) is 5.64. The van der Waals surface area contributed by atoms with E-state index in [4.69, 9.17) is 5.84 Å². The third kappa shape index (κ3) is 3.38. The minimum absolute atomic E-state index is 0.0158. The maximum Gasteiger partial charge on any atom is 0.124 e. The van der Waals surface area contributed by atoms with E-state index in [2.05, 4.69) is 32.8 Å². The minimum Gasteiger partial charge on any atom is -0.271 e. The van der Waals surface area contributed by atoms with E-state index in [0.29, 0.717) is 0 Å². The van der Waals surface area contributed by atoms with Crippen LogP contribution in [0.15, 0.2) is 40.2 Å². The largest absolute Gasteiger partial charge is 0.271 e. The number of nitrogens with two attached hydrogens (primary N) is 1. The average molecular weight is 329 g/mol. The van der Waals surface area contributed by atoms with Gasteiger partial charge in [0.1, 0.15) is 5.82 Å². The number of nitrogens with one attached hydrogen (secondary N) is 1. The molecule has 0 spiro atoms. The fraction of sp³-hybridized carbons (Fsp3) is 0.231. The van der Waals surface area contributed by atoms with Crippen molar-refractivity contribution in [2.45, 2.75) is 18.9 Å². The number of rotatable bonds is 5. The molecule has 2 nitrogen and oxygen atoms in total. The molecule has 2 aromatic rings. The van der Waals surface area contributed by atoms with E-state index in [0.717, 1.165) is 22.9 Å².